The maximum absolute atomic E-state index is 12.8. The van der Waals surface area contributed by atoms with E-state index in [-0.39, 0.29) is 11.9 Å². The largest absolute Gasteiger partial charge is 0.469 e. The van der Waals surface area contributed by atoms with Gasteiger partial charge in [0.15, 0.2) is 0 Å². The van der Waals surface area contributed by atoms with Crippen LogP contribution in [-0.4, -0.2) is 101 Å². The Labute approximate surface area is 172 Å². The maximum atomic E-state index is 12.8. The zero-order valence-corrected chi connectivity index (χ0v) is 19.9. The fourth-order valence-corrected chi connectivity index (χ4v) is 3.06. The third-order valence-electron chi connectivity index (χ3n) is 5.40. The van der Waals surface area contributed by atoms with Crippen LogP contribution in [0.15, 0.2) is 0 Å². The summed E-state index contributed by atoms with van der Waals surface area (Å²) in [5.74, 6) is -0.559. The van der Waals surface area contributed by atoms with Crippen molar-refractivity contribution in [3.63, 3.8) is 0 Å². The first kappa shape index (κ1) is 26.8. The highest BCUT2D eigenvalue weighted by molar-refractivity contribution is 5.80. The van der Waals surface area contributed by atoms with E-state index in [9.17, 15) is 9.59 Å². The SMILES string of the molecule is CCC(C)(CC(C)(C)C(=O)OC)C(=O)OC[N+](C)(C)CCN(C)CCN(C)C. The first-order valence-corrected chi connectivity index (χ1v) is 10.1. The molecule has 0 aromatic rings. The fraction of sp³-hybridized carbons (Fsp3) is 0.905. The van der Waals surface area contributed by atoms with Crippen LogP contribution in [0.1, 0.15) is 40.5 Å². The lowest BCUT2D eigenvalue weighted by Gasteiger charge is -2.35. The Morgan fingerprint density at radius 3 is 2.00 bits per heavy atom. The molecule has 0 aliphatic rings. The lowest BCUT2D eigenvalue weighted by atomic mass is 9.72. The number of likely N-dealkylation sites (N-methyl/N-ethyl adjacent to an activating group) is 3. The number of esters is 2. The average molecular weight is 403 g/mol. The Hall–Kier alpha value is -1.18. The number of hydrogen-bond acceptors (Lipinski definition) is 6. The molecule has 7 nitrogen and oxygen atoms in total. The molecular formula is C21H44N3O4+. The van der Waals surface area contributed by atoms with Crippen LogP contribution in [0.2, 0.25) is 0 Å². The van der Waals surface area contributed by atoms with Crippen LogP contribution in [0.25, 0.3) is 0 Å². The van der Waals surface area contributed by atoms with Crippen LogP contribution >= 0.6 is 0 Å². The highest BCUT2D eigenvalue weighted by Crippen LogP contribution is 2.38. The van der Waals surface area contributed by atoms with Gasteiger partial charge in [0.05, 0.1) is 38.6 Å². The van der Waals surface area contributed by atoms with Gasteiger partial charge in [-0.05, 0) is 54.8 Å². The molecule has 0 spiro atoms. The second kappa shape index (κ2) is 11.1. The summed E-state index contributed by atoms with van der Waals surface area (Å²) < 4.78 is 11.2. The topological polar surface area (TPSA) is 59.1 Å². The van der Waals surface area contributed by atoms with Gasteiger partial charge in [0.25, 0.3) is 0 Å². The van der Waals surface area contributed by atoms with Gasteiger partial charge in [-0.2, -0.15) is 0 Å². The number of hydrogen-bond donors (Lipinski definition) is 0. The molecule has 0 amide bonds. The lowest BCUT2D eigenvalue weighted by molar-refractivity contribution is -0.906. The summed E-state index contributed by atoms with van der Waals surface area (Å²) in [6.45, 7) is 11.6. The second-order valence-corrected chi connectivity index (χ2v) is 9.79. The van der Waals surface area contributed by atoms with E-state index in [0.717, 1.165) is 26.2 Å². The minimum Gasteiger partial charge on any atom is -0.469 e. The van der Waals surface area contributed by atoms with Crippen molar-refractivity contribution in [2.24, 2.45) is 10.8 Å². The van der Waals surface area contributed by atoms with E-state index in [1.54, 1.807) is 0 Å². The molecule has 0 saturated carbocycles. The van der Waals surface area contributed by atoms with E-state index < -0.39 is 10.8 Å². The Morgan fingerprint density at radius 1 is 0.964 bits per heavy atom. The average Bonchev–Trinajstić information content (AvgIpc) is 2.61. The van der Waals surface area contributed by atoms with Gasteiger partial charge in [-0.3, -0.25) is 19.0 Å². The van der Waals surface area contributed by atoms with E-state index in [1.165, 1.54) is 7.11 Å². The molecule has 1 unspecified atom stereocenters. The number of quaternary nitrogens is 1. The molecule has 0 saturated heterocycles. The van der Waals surface area contributed by atoms with Crippen molar-refractivity contribution in [1.82, 2.24) is 9.80 Å². The van der Waals surface area contributed by atoms with E-state index in [4.69, 9.17) is 9.47 Å². The van der Waals surface area contributed by atoms with E-state index >= 15 is 0 Å². The van der Waals surface area contributed by atoms with Gasteiger partial charge in [0, 0.05) is 19.6 Å². The molecule has 0 aliphatic heterocycles. The van der Waals surface area contributed by atoms with Crippen molar-refractivity contribution in [3.8, 4) is 0 Å². The van der Waals surface area contributed by atoms with E-state index in [0.29, 0.717) is 24.1 Å². The molecule has 0 radical (unpaired) electrons. The van der Waals surface area contributed by atoms with Crippen LogP contribution < -0.4 is 0 Å². The van der Waals surface area contributed by atoms with Gasteiger partial charge in [0.2, 0.25) is 6.73 Å². The lowest BCUT2D eigenvalue weighted by Crippen LogP contribution is -2.48. The standard InChI is InChI=1S/C21H44N3O4/c1-11-21(4,16-20(2,3)18(25)27-10)19(26)28-17-24(8,9)15-14-23(7)13-12-22(5)6/h11-17H2,1-10H3/q+1. The predicted octanol–water partition coefficient (Wildman–Crippen LogP) is 2.06. The summed E-state index contributed by atoms with van der Waals surface area (Å²) in [5, 5.41) is 0. The molecule has 0 rings (SSSR count). The highest BCUT2D eigenvalue weighted by atomic mass is 16.5. The van der Waals surface area contributed by atoms with Gasteiger partial charge in [0.1, 0.15) is 0 Å². The molecule has 0 aromatic carbocycles. The minimum absolute atomic E-state index is 0.251. The Balaban J connectivity index is 4.74. The Kier molecular flexibility index (Phi) is 10.7. The molecule has 0 heterocycles. The normalized spacial score (nSPS) is 14.9. The van der Waals surface area contributed by atoms with E-state index in [1.807, 2.05) is 27.7 Å². The molecule has 0 bridgehead atoms. The second-order valence-electron chi connectivity index (χ2n) is 9.79. The number of carbonyl (C=O) groups excluding carboxylic acids is 2. The van der Waals surface area contributed by atoms with Crippen LogP contribution in [0, 0.1) is 10.8 Å². The smallest absolute Gasteiger partial charge is 0.316 e. The fourth-order valence-electron chi connectivity index (χ4n) is 3.06. The first-order valence-electron chi connectivity index (χ1n) is 10.1. The van der Waals surface area contributed by atoms with Gasteiger partial charge >= 0.3 is 11.9 Å². The summed E-state index contributed by atoms with van der Waals surface area (Å²) in [4.78, 5) is 29.3. The van der Waals surface area contributed by atoms with Crippen molar-refractivity contribution in [2.45, 2.75) is 40.5 Å². The molecule has 28 heavy (non-hydrogen) atoms. The summed E-state index contributed by atoms with van der Waals surface area (Å²) in [7, 11) is 11.8. The van der Waals surface area contributed by atoms with Crippen LogP contribution in [0.3, 0.4) is 0 Å². The Bertz CT molecular complexity index is 506. The number of methoxy groups -OCH3 is 1. The molecule has 166 valence electrons. The summed E-state index contributed by atoms with van der Waals surface area (Å²) in [6.07, 6.45) is 0.996. The zero-order chi connectivity index (χ0) is 22.2. The van der Waals surface area contributed by atoms with Gasteiger partial charge in [-0.15, -0.1) is 0 Å². The summed E-state index contributed by atoms with van der Waals surface area (Å²) in [5.41, 5.74) is -1.46. The van der Waals surface area contributed by atoms with Gasteiger partial charge < -0.3 is 14.4 Å². The van der Waals surface area contributed by atoms with Gasteiger partial charge in [-0.1, -0.05) is 6.92 Å². The van der Waals surface area contributed by atoms with Crippen molar-refractivity contribution in [2.75, 3.05) is 75.3 Å². The number of carbonyl (C=O) groups is 2. The monoisotopic (exact) mass is 402 g/mol. The summed E-state index contributed by atoms with van der Waals surface area (Å²) in [6, 6.07) is 0. The van der Waals surface area contributed by atoms with E-state index in [2.05, 4.69) is 45.0 Å². The molecule has 0 N–H and O–H groups in total. The van der Waals surface area contributed by atoms with Crippen molar-refractivity contribution >= 4 is 11.9 Å². The third-order valence-corrected chi connectivity index (χ3v) is 5.40. The Morgan fingerprint density at radius 2 is 1.54 bits per heavy atom. The molecular weight excluding hydrogens is 358 g/mol. The van der Waals surface area contributed by atoms with Crippen molar-refractivity contribution < 1.29 is 23.5 Å². The molecule has 1 atom stereocenters. The molecule has 0 fully saturated rings. The molecule has 0 aromatic heterocycles. The minimum atomic E-state index is -0.738. The zero-order valence-electron chi connectivity index (χ0n) is 19.9. The van der Waals surface area contributed by atoms with Crippen LogP contribution in [0.4, 0.5) is 0 Å². The quantitative estimate of drug-likeness (QED) is 0.267. The number of rotatable bonds is 13. The van der Waals surface area contributed by atoms with Crippen LogP contribution in [-0.2, 0) is 19.1 Å². The highest BCUT2D eigenvalue weighted by Gasteiger charge is 2.43. The maximum Gasteiger partial charge on any atom is 0.316 e. The van der Waals surface area contributed by atoms with Crippen molar-refractivity contribution in [3.05, 3.63) is 0 Å². The molecule has 7 heteroatoms. The number of nitrogens with zero attached hydrogens (tertiary/aromatic N) is 3. The first-order chi connectivity index (χ1) is 12.7. The summed E-state index contributed by atoms with van der Waals surface area (Å²) >= 11 is 0. The van der Waals surface area contributed by atoms with Crippen molar-refractivity contribution in [1.29, 1.82) is 0 Å². The van der Waals surface area contributed by atoms with Crippen LogP contribution in [0.5, 0.6) is 0 Å². The third kappa shape index (κ3) is 9.34. The number of ether oxygens (including phenoxy) is 2. The molecule has 0 aliphatic carbocycles. The predicted molar refractivity (Wildman–Crippen MR) is 113 cm³/mol. The van der Waals surface area contributed by atoms with Gasteiger partial charge in [-0.25, -0.2) is 0 Å².